The highest BCUT2D eigenvalue weighted by Gasteiger charge is 2.56. The van der Waals surface area contributed by atoms with Crippen LogP contribution >= 0.6 is 0 Å². The maximum atomic E-state index is 2.48. The Morgan fingerprint density at radius 1 is 1.18 bits per heavy atom. The van der Waals surface area contributed by atoms with Gasteiger partial charge in [-0.1, -0.05) is 52.9 Å². The van der Waals surface area contributed by atoms with Gasteiger partial charge in [0.2, 0.25) is 0 Å². The monoisotopic (exact) mass is 236 g/mol. The summed E-state index contributed by atoms with van der Waals surface area (Å²) in [7, 11) is 0. The SMILES string of the molecule is CCCCC(C)CC1CCC2(C1)CC2CCC. The van der Waals surface area contributed by atoms with Crippen molar-refractivity contribution in [2.45, 2.75) is 85.0 Å². The van der Waals surface area contributed by atoms with Crippen LogP contribution in [0.15, 0.2) is 0 Å². The summed E-state index contributed by atoms with van der Waals surface area (Å²) in [4.78, 5) is 0. The quantitative estimate of drug-likeness (QED) is 0.523. The predicted molar refractivity (Wildman–Crippen MR) is 76.1 cm³/mol. The van der Waals surface area contributed by atoms with Crippen LogP contribution in [-0.4, -0.2) is 0 Å². The maximum Gasteiger partial charge on any atom is -0.0263 e. The van der Waals surface area contributed by atoms with E-state index in [-0.39, 0.29) is 0 Å². The van der Waals surface area contributed by atoms with Crippen LogP contribution in [0.1, 0.15) is 85.0 Å². The van der Waals surface area contributed by atoms with Crippen molar-refractivity contribution in [3.8, 4) is 0 Å². The summed E-state index contributed by atoms with van der Waals surface area (Å²) >= 11 is 0. The number of rotatable bonds is 7. The van der Waals surface area contributed by atoms with Crippen LogP contribution in [0.5, 0.6) is 0 Å². The summed E-state index contributed by atoms with van der Waals surface area (Å²) < 4.78 is 0. The molecule has 0 heterocycles. The van der Waals surface area contributed by atoms with Gasteiger partial charge in [-0.2, -0.15) is 0 Å². The van der Waals surface area contributed by atoms with Gasteiger partial charge in [-0.25, -0.2) is 0 Å². The molecular formula is C17H32. The maximum absolute atomic E-state index is 2.48. The highest BCUT2D eigenvalue weighted by atomic mass is 14.6. The number of hydrogen-bond donors (Lipinski definition) is 0. The summed E-state index contributed by atoms with van der Waals surface area (Å²) in [6.07, 6.45) is 15.0. The Labute approximate surface area is 109 Å². The van der Waals surface area contributed by atoms with Gasteiger partial charge in [0.15, 0.2) is 0 Å². The molecule has 4 unspecified atom stereocenters. The Balaban J connectivity index is 1.68. The lowest BCUT2D eigenvalue weighted by Gasteiger charge is -2.16. The van der Waals surface area contributed by atoms with E-state index < -0.39 is 0 Å². The Morgan fingerprint density at radius 3 is 2.71 bits per heavy atom. The van der Waals surface area contributed by atoms with Gasteiger partial charge in [-0.05, 0) is 55.3 Å². The third-order valence-electron chi connectivity index (χ3n) is 5.53. The van der Waals surface area contributed by atoms with Crippen LogP contribution in [0, 0.1) is 23.2 Å². The zero-order valence-electron chi connectivity index (χ0n) is 12.3. The first-order valence-electron chi connectivity index (χ1n) is 8.20. The van der Waals surface area contributed by atoms with E-state index in [0.717, 1.165) is 23.2 Å². The van der Waals surface area contributed by atoms with Crippen LogP contribution in [-0.2, 0) is 0 Å². The van der Waals surface area contributed by atoms with Gasteiger partial charge in [0.05, 0.1) is 0 Å². The van der Waals surface area contributed by atoms with Crippen LogP contribution in [0.25, 0.3) is 0 Å². The normalized spacial score (nSPS) is 37.6. The first-order valence-corrected chi connectivity index (χ1v) is 8.20. The van der Waals surface area contributed by atoms with Crippen LogP contribution < -0.4 is 0 Å². The number of hydrogen-bond acceptors (Lipinski definition) is 0. The fourth-order valence-electron chi connectivity index (χ4n) is 4.46. The molecule has 0 bridgehead atoms. The largest absolute Gasteiger partial charge is 0.0654 e. The van der Waals surface area contributed by atoms with Crippen molar-refractivity contribution < 1.29 is 0 Å². The van der Waals surface area contributed by atoms with Gasteiger partial charge in [-0.3, -0.25) is 0 Å². The topological polar surface area (TPSA) is 0 Å². The fourth-order valence-corrected chi connectivity index (χ4v) is 4.46. The average Bonchev–Trinajstić information content (AvgIpc) is 2.79. The fraction of sp³-hybridized carbons (Fsp3) is 1.00. The molecule has 0 amide bonds. The highest BCUT2D eigenvalue weighted by molar-refractivity contribution is 5.06. The lowest BCUT2D eigenvalue weighted by molar-refractivity contribution is 0.349. The molecular weight excluding hydrogens is 204 g/mol. The third-order valence-corrected chi connectivity index (χ3v) is 5.53. The molecule has 0 radical (unpaired) electrons. The Kier molecular flexibility index (Phi) is 4.55. The second kappa shape index (κ2) is 5.76. The van der Waals surface area contributed by atoms with E-state index >= 15 is 0 Å². The molecule has 1 spiro atoms. The summed E-state index contributed by atoms with van der Waals surface area (Å²) in [6.45, 7) is 7.15. The van der Waals surface area contributed by atoms with Crippen molar-refractivity contribution in [2.24, 2.45) is 23.2 Å². The van der Waals surface area contributed by atoms with Gasteiger partial charge in [0.1, 0.15) is 0 Å². The van der Waals surface area contributed by atoms with Gasteiger partial charge in [-0.15, -0.1) is 0 Å². The Bertz CT molecular complexity index is 232. The third kappa shape index (κ3) is 3.26. The molecule has 2 fully saturated rings. The van der Waals surface area contributed by atoms with E-state index in [9.17, 15) is 0 Å². The van der Waals surface area contributed by atoms with E-state index in [1.165, 1.54) is 38.5 Å². The minimum Gasteiger partial charge on any atom is -0.0654 e. The Hall–Kier alpha value is 0. The molecule has 0 aromatic rings. The predicted octanol–water partition coefficient (Wildman–Crippen LogP) is 5.81. The van der Waals surface area contributed by atoms with Crippen molar-refractivity contribution in [3.63, 3.8) is 0 Å². The summed E-state index contributed by atoms with van der Waals surface area (Å²) in [6, 6.07) is 0. The molecule has 2 aliphatic carbocycles. The molecule has 100 valence electrons. The molecule has 0 N–H and O–H groups in total. The van der Waals surface area contributed by atoms with Gasteiger partial charge in [0, 0.05) is 0 Å². The molecule has 2 saturated carbocycles. The average molecular weight is 236 g/mol. The van der Waals surface area contributed by atoms with E-state index in [1.807, 2.05) is 0 Å². The molecule has 0 saturated heterocycles. The summed E-state index contributed by atoms with van der Waals surface area (Å²) in [5.41, 5.74) is 0.866. The lowest BCUT2D eigenvalue weighted by Crippen LogP contribution is -2.05. The zero-order valence-corrected chi connectivity index (χ0v) is 12.3. The standard InChI is InChI=1S/C17H32/c1-4-6-8-14(3)11-15-9-10-17(12-15)13-16(17)7-5-2/h14-16H,4-13H2,1-3H3. The van der Waals surface area contributed by atoms with E-state index in [4.69, 9.17) is 0 Å². The summed E-state index contributed by atoms with van der Waals surface area (Å²) in [5, 5.41) is 0. The van der Waals surface area contributed by atoms with Crippen molar-refractivity contribution in [2.75, 3.05) is 0 Å². The molecule has 2 aliphatic rings. The van der Waals surface area contributed by atoms with Crippen LogP contribution in [0.2, 0.25) is 0 Å². The second-order valence-electron chi connectivity index (χ2n) is 7.14. The zero-order chi connectivity index (χ0) is 12.3. The first-order chi connectivity index (χ1) is 8.20. The lowest BCUT2D eigenvalue weighted by atomic mass is 9.89. The second-order valence-corrected chi connectivity index (χ2v) is 7.14. The van der Waals surface area contributed by atoms with Gasteiger partial charge < -0.3 is 0 Å². The van der Waals surface area contributed by atoms with E-state index in [0.29, 0.717) is 0 Å². The molecule has 0 aromatic carbocycles. The van der Waals surface area contributed by atoms with Gasteiger partial charge >= 0.3 is 0 Å². The van der Waals surface area contributed by atoms with Crippen molar-refractivity contribution >= 4 is 0 Å². The molecule has 17 heavy (non-hydrogen) atoms. The van der Waals surface area contributed by atoms with E-state index in [1.54, 1.807) is 25.7 Å². The van der Waals surface area contributed by atoms with Crippen molar-refractivity contribution in [1.29, 1.82) is 0 Å². The molecule has 4 atom stereocenters. The summed E-state index contributed by atoms with van der Waals surface area (Å²) in [5.74, 6) is 3.20. The van der Waals surface area contributed by atoms with E-state index in [2.05, 4.69) is 20.8 Å². The molecule has 0 aromatic heterocycles. The van der Waals surface area contributed by atoms with Gasteiger partial charge in [0.25, 0.3) is 0 Å². The van der Waals surface area contributed by atoms with Crippen molar-refractivity contribution in [1.82, 2.24) is 0 Å². The van der Waals surface area contributed by atoms with Crippen molar-refractivity contribution in [3.05, 3.63) is 0 Å². The Morgan fingerprint density at radius 2 is 2.00 bits per heavy atom. The van der Waals surface area contributed by atoms with Crippen LogP contribution in [0.4, 0.5) is 0 Å². The smallest absolute Gasteiger partial charge is 0.0263 e. The molecule has 0 aliphatic heterocycles. The highest BCUT2D eigenvalue weighted by Crippen LogP contribution is 2.66. The number of unbranched alkanes of at least 4 members (excludes halogenated alkanes) is 1. The minimum atomic E-state index is 0.866. The minimum absolute atomic E-state index is 0.866. The molecule has 2 rings (SSSR count). The molecule has 0 heteroatoms. The van der Waals surface area contributed by atoms with Crippen LogP contribution in [0.3, 0.4) is 0 Å². The molecule has 0 nitrogen and oxygen atoms in total. The first kappa shape index (κ1) is 13.4.